The molecule has 0 atom stereocenters. The number of hydrogen-bond donors (Lipinski definition) is 1. The molecule has 7 heteroatoms. The Labute approximate surface area is 188 Å². The fraction of sp³-hybridized carbons (Fsp3) is 0.417. The van der Waals surface area contributed by atoms with E-state index in [-0.39, 0.29) is 0 Å². The normalized spacial score (nSPS) is 19.9. The Bertz CT molecular complexity index is 967. The maximum absolute atomic E-state index is 5.08. The minimum Gasteiger partial charge on any atom is -0.384 e. The molecule has 0 aliphatic carbocycles. The van der Waals surface area contributed by atoms with Gasteiger partial charge in [0, 0.05) is 67.5 Å². The average Bonchev–Trinajstić information content (AvgIpc) is 3.32. The summed E-state index contributed by atoms with van der Waals surface area (Å²) in [6.07, 6.45) is 12.9. The van der Waals surface area contributed by atoms with Gasteiger partial charge in [0.15, 0.2) is 0 Å². The van der Waals surface area contributed by atoms with Gasteiger partial charge in [-0.1, -0.05) is 6.07 Å². The lowest BCUT2D eigenvalue weighted by atomic mass is 9.89. The van der Waals surface area contributed by atoms with Crippen molar-refractivity contribution in [2.45, 2.75) is 39.3 Å². The zero-order chi connectivity index (χ0) is 21.5. The van der Waals surface area contributed by atoms with Crippen LogP contribution in [0.25, 0.3) is 0 Å². The van der Waals surface area contributed by atoms with Crippen LogP contribution in [0.2, 0.25) is 0 Å². The van der Waals surface area contributed by atoms with E-state index < -0.39 is 0 Å². The molecule has 4 rings (SSSR count). The molecule has 0 spiro atoms. The number of likely N-dealkylation sites (tertiary alicyclic amines) is 1. The minimum atomic E-state index is 0.490. The molecule has 6 nitrogen and oxygen atoms in total. The predicted octanol–water partition coefficient (Wildman–Crippen LogP) is 4.24. The Balaban J connectivity index is 1.45. The summed E-state index contributed by atoms with van der Waals surface area (Å²) in [5.41, 5.74) is 5.85. The van der Waals surface area contributed by atoms with Crippen LogP contribution in [0.15, 0.2) is 69.1 Å². The van der Waals surface area contributed by atoms with Gasteiger partial charge in [0.1, 0.15) is 5.01 Å². The lowest BCUT2D eigenvalue weighted by molar-refractivity contribution is 0.202. The van der Waals surface area contributed by atoms with Gasteiger partial charge >= 0.3 is 0 Å². The second-order valence-electron chi connectivity index (χ2n) is 8.09. The molecule has 0 radical (unpaired) electrons. The molecule has 1 N–H and O–H groups in total. The highest BCUT2D eigenvalue weighted by atomic mass is 32.1. The van der Waals surface area contributed by atoms with Crippen molar-refractivity contribution in [3.05, 3.63) is 69.7 Å². The number of aliphatic imine (C=N–C) groups is 2. The van der Waals surface area contributed by atoms with Crippen molar-refractivity contribution in [2.75, 3.05) is 20.1 Å². The fourth-order valence-corrected chi connectivity index (χ4v) is 4.74. The summed E-state index contributed by atoms with van der Waals surface area (Å²) >= 11 is 1.74. The Hall–Kier alpha value is -2.64. The fourth-order valence-electron chi connectivity index (χ4n) is 4.08. The molecular formula is C24H30N6S. The predicted molar refractivity (Wildman–Crippen MR) is 128 cm³/mol. The third-order valence-electron chi connectivity index (χ3n) is 5.81. The Morgan fingerprint density at radius 2 is 2.19 bits per heavy atom. The zero-order valence-corrected chi connectivity index (χ0v) is 19.1. The molecule has 1 fully saturated rings. The maximum Gasteiger partial charge on any atom is 0.107 e. The molecule has 1 saturated heterocycles. The topological polar surface area (TPSA) is 65.8 Å². The van der Waals surface area contributed by atoms with Gasteiger partial charge in [-0.05, 0) is 56.1 Å². The lowest BCUT2D eigenvalue weighted by Gasteiger charge is -2.32. The van der Waals surface area contributed by atoms with E-state index >= 15 is 0 Å². The van der Waals surface area contributed by atoms with E-state index in [0.717, 1.165) is 56.7 Å². The standard InChI is InChI=1S/C24H30N6S/c1-18(14-25-2)22-12-21(28-16-19-4-3-7-26-15-19)13-23(29-22)20-5-9-30(10-6-20)17-24-27-8-11-31-24/h3-4,7-8,11,13-15,20,28H,5-6,9-10,12,16-17H2,1-2H3/b22-18+,25-14-. The highest BCUT2D eigenvalue weighted by Crippen LogP contribution is 2.28. The van der Waals surface area contributed by atoms with Crippen molar-refractivity contribution in [3.8, 4) is 0 Å². The molecule has 0 saturated carbocycles. The molecular weight excluding hydrogens is 404 g/mol. The van der Waals surface area contributed by atoms with Crippen LogP contribution in [0.4, 0.5) is 0 Å². The lowest BCUT2D eigenvalue weighted by Crippen LogP contribution is -2.36. The number of thiazole rings is 1. The second-order valence-corrected chi connectivity index (χ2v) is 9.07. The zero-order valence-electron chi connectivity index (χ0n) is 18.3. The first-order valence-corrected chi connectivity index (χ1v) is 11.7. The molecule has 2 aromatic heterocycles. The number of hydrogen-bond acceptors (Lipinski definition) is 7. The summed E-state index contributed by atoms with van der Waals surface area (Å²) < 4.78 is 0. The van der Waals surface area contributed by atoms with E-state index in [0.29, 0.717) is 5.92 Å². The summed E-state index contributed by atoms with van der Waals surface area (Å²) in [5.74, 6) is 0.490. The van der Waals surface area contributed by atoms with Crippen LogP contribution in [0.5, 0.6) is 0 Å². The van der Waals surface area contributed by atoms with Gasteiger partial charge in [0.25, 0.3) is 0 Å². The van der Waals surface area contributed by atoms with Gasteiger partial charge in [0.05, 0.1) is 12.2 Å². The van der Waals surface area contributed by atoms with Gasteiger partial charge in [-0.15, -0.1) is 11.3 Å². The quantitative estimate of drug-likeness (QED) is 0.662. The van der Waals surface area contributed by atoms with E-state index in [2.05, 4.69) is 49.6 Å². The molecule has 2 aliphatic rings. The van der Waals surface area contributed by atoms with Gasteiger partial charge in [-0.25, -0.2) is 4.98 Å². The van der Waals surface area contributed by atoms with Crippen molar-refractivity contribution in [2.24, 2.45) is 15.9 Å². The monoisotopic (exact) mass is 434 g/mol. The third kappa shape index (κ3) is 5.95. The largest absolute Gasteiger partial charge is 0.384 e. The van der Waals surface area contributed by atoms with Crippen molar-refractivity contribution in [3.63, 3.8) is 0 Å². The molecule has 0 bridgehead atoms. The van der Waals surface area contributed by atoms with Gasteiger partial charge < -0.3 is 5.32 Å². The molecule has 2 aliphatic heterocycles. The van der Waals surface area contributed by atoms with Crippen molar-refractivity contribution < 1.29 is 0 Å². The molecule has 0 aromatic carbocycles. The first-order valence-electron chi connectivity index (χ1n) is 10.9. The Morgan fingerprint density at radius 3 is 2.90 bits per heavy atom. The van der Waals surface area contributed by atoms with Crippen molar-refractivity contribution >= 4 is 23.3 Å². The van der Waals surface area contributed by atoms with Crippen LogP contribution in [-0.2, 0) is 13.1 Å². The third-order valence-corrected chi connectivity index (χ3v) is 6.58. The van der Waals surface area contributed by atoms with Crippen LogP contribution in [0, 0.1) is 5.92 Å². The number of rotatable bonds is 7. The highest BCUT2D eigenvalue weighted by molar-refractivity contribution is 7.09. The maximum atomic E-state index is 5.08. The van der Waals surface area contributed by atoms with E-state index in [1.54, 1.807) is 11.3 Å². The average molecular weight is 435 g/mol. The molecule has 2 aromatic rings. The summed E-state index contributed by atoms with van der Waals surface area (Å²) in [7, 11) is 1.81. The Kier molecular flexibility index (Phi) is 7.38. The van der Waals surface area contributed by atoms with Gasteiger partial charge in [-0.3, -0.25) is 19.9 Å². The van der Waals surface area contributed by atoms with Gasteiger partial charge in [0.2, 0.25) is 0 Å². The van der Waals surface area contributed by atoms with E-state index in [4.69, 9.17) is 4.99 Å². The van der Waals surface area contributed by atoms with Crippen LogP contribution in [0.1, 0.15) is 36.8 Å². The molecule has 4 heterocycles. The van der Waals surface area contributed by atoms with E-state index in [1.165, 1.54) is 22.0 Å². The van der Waals surface area contributed by atoms with Crippen LogP contribution < -0.4 is 5.32 Å². The number of nitrogens with zero attached hydrogens (tertiary/aromatic N) is 5. The van der Waals surface area contributed by atoms with E-state index in [1.807, 2.05) is 37.9 Å². The van der Waals surface area contributed by atoms with Gasteiger partial charge in [-0.2, -0.15) is 0 Å². The number of piperidine rings is 1. The highest BCUT2D eigenvalue weighted by Gasteiger charge is 2.25. The summed E-state index contributed by atoms with van der Waals surface area (Å²) in [4.78, 5) is 20.4. The molecule has 0 amide bonds. The minimum absolute atomic E-state index is 0.490. The first kappa shape index (κ1) is 21.6. The first-order chi connectivity index (χ1) is 15.2. The molecule has 0 unspecified atom stereocenters. The van der Waals surface area contributed by atoms with Crippen LogP contribution in [0.3, 0.4) is 0 Å². The summed E-state index contributed by atoms with van der Waals surface area (Å²) in [5, 5.41) is 6.88. The number of aromatic nitrogens is 2. The number of pyridine rings is 1. The molecule has 31 heavy (non-hydrogen) atoms. The number of allylic oxidation sites excluding steroid dienone is 2. The smallest absolute Gasteiger partial charge is 0.107 e. The SMILES string of the molecule is C/N=C\C(C)=C1/CC(NCc2cccnc2)=CC(C2CCN(Cc3nccs3)CC2)=N1. The second kappa shape index (κ2) is 10.6. The molecule has 162 valence electrons. The van der Waals surface area contributed by atoms with E-state index in [9.17, 15) is 0 Å². The Morgan fingerprint density at radius 1 is 1.32 bits per heavy atom. The number of nitrogens with one attached hydrogen (secondary N) is 1. The number of dihydropyridines is 1. The van der Waals surface area contributed by atoms with Crippen LogP contribution in [-0.4, -0.2) is 46.9 Å². The van der Waals surface area contributed by atoms with Crippen LogP contribution >= 0.6 is 11.3 Å². The van der Waals surface area contributed by atoms with Crippen molar-refractivity contribution in [1.29, 1.82) is 0 Å². The van der Waals surface area contributed by atoms with Crippen molar-refractivity contribution in [1.82, 2.24) is 20.2 Å². The summed E-state index contributed by atoms with van der Waals surface area (Å²) in [6, 6.07) is 4.08. The summed E-state index contributed by atoms with van der Waals surface area (Å²) in [6.45, 7) is 6.01.